The summed E-state index contributed by atoms with van der Waals surface area (Å²) < 4.78 is 11.8. The second-order valence-corrected chi connectivity index (χ2v) is 7.58. The molecular formula is C27H42O2. The molecule has 0 aliphatic heterocycles. The van der Waals surface area contributed by atoms with Crippen molar-refractivity contribution in [1.29, 1.82) is 0 Å². The van der Waals surface area contributed by atoms with E-state index in [0.29, 0.717) is 25.9 Å². The highest BCUT2D eigenvalue weighted by molar-refractivity contribution is 5.13. The van der Waals surface area contributed by atoms with Crippen LogP contribution >= 0.6 is 0 Å². The van der Waals surface area contributed by atoms with Gasteiger partial charge in [-0.3, -0.25) is 0 Å². The lowest BCUT2D eigenvalue weighted by molar-refractivity contribution is -0.00634. The van der Waals surface area contributed by atoms with Crippen LogP contribution in [0.2, 0.25) is 0 Å². The molecule has 0 spiro atoms. The van der Waals surface area contributed by atoms with E-state index >= 15 is 0 Å². The molecule has 0 N–H and O–H groups in total. The van der Waals surface area contributed by atoms with E-state index in [9.17, 15) is 0 Å². The summed E-state index contributed by atoms with van der Waals surface area (Å²) in [5.41, 5.74) is 1.21. The number of hydrogen-bond acceptors (Lipinski definition) is 2. The molecule has 1 aromatic carbocycles. The van der Waals surface area contributed by atoms with Crippen LogP contribution in [-0.4, -0.2) is 19.3 Å². The van der Waals surface area contributed by atoms with Gasteiger partial charge in [0.25, 0.3) is 0 Å². The quantitative estimate of drug-likeness (QED) is 0.165. The largest absolute Gasteiger partial charge is 0.376 e. The Labute approximate surface area is 179 Å². The first-order chi connectivity index (χ1) is 14.4. The van der Waals surface area contributed by atoms with Crippen molar-refractivity contribution < 1.29 is 9.47 Å². The first-order valence-corrected chi connectivity index (χ1v) is 11.5. The number of allylic oxidation sites excluding steroid dienone is 4. The fourth-order valence-electron chi connectivity index (χ4n) is 3.26. The zero-order chi connectivity index (χ0) is 20.8. The van der Waals surface area contributed by atoms with Gasteiger partial charge in [0.15, 0.2) is 0 Å². The number of hydrogen-bond donors (Lipinski definition) is 0. The normalized spacial score (nSPS) is 12.3. The maximum atomic E-state index is 6.07. The molecule has 0 fully saturated rings. The molecule has 162 valence electrons. The van der Waals surface area contributed by atoms with Crippen molar-refractivity contribution in [1.82, 2.24) is 0 Å². The molecule has 1 unspecified atom stereocenters. The van der Waals surface area contributed by atoms with Crippen LogP contribution in [-0.2, 0) is 16.1 Å². The molecule has 0 amide bonds. The molecule has 0 radical (unpaired) electrons. The van der Waals surface area contributed by atoms with E-state index in [4.69, 9.17) is 9.47 Å². The summed E-state index contributed by atoms with van der Waals surface area (Å²) in [6.07, 6.45) is 22.1. The predicted octanol–water partition coefficient (Wildman–Crippen LogP) is 7.81. The van der Waals surface area contributed by atoms with E-state index in [1.165, 1.54) is 44.1 Å². The number of unbranched alkanes of at least 4 members (excludes halogenated alkanes) is 6. The maximum absolute atomic E-state index is 6.07. The highest BCUT2D eigenvalue weighted by Gasteiger charge is 2.07. The van der Waals surface area contributed by atoms with Gasteiger partial charge in [-0.05, 0) is 63.4 Å². The van der Waals surface area contributed by atoms with Crippen LogP contribution in [0.1, 0.15) is 76.2 Å². The molecule has 1 aromatic rings. The predicted molar refractivity (Wildman–Crippen MR) is 126 cm³/mol. The molecule has 0 aliphatic carbocycles. The summed E-state index contributed by atoms with van der Waals surface area (Å²) >= 11 is 0. The van der Waals surface area contributed by atoms with Gasteiger partial charge in [0.1, 0.15) is 0 Å². The molecule has 2 nitrogen and oxygen atoms in total. The van der Waals surface area contributed by atoms with E-state index < -0.39 is 0 Å². The van der Waals surface area contributed by atoms with Crippen LogP contribution in [0.15, 0.2) is 67.8 Å². The molecule has 29 heavy (non-hydrogen) atoms. The van der Waals surface area contributed by atoms with Crippen molar-refractivity contribution in [2.75, 3.05) is 13.2 Å². The van der Waals surface area contributed by atoms with Crippen LogP contribution < -0.4 is 0 Å². The molecule has 0 bridgehead atoms. The van der Waals surface area contributed by atoms with Gasteiger partial charge in [-0.25, -0.2) is 0 Å². The molecule has 1 rings (SSSR count). The third-order valence-electron chi connectivity index (χ3n) is 4.98. The van der Waals surface area contributed by atoms with Gasteiger partial charge in [-0.2, -0.15) is 0 Å². The van der Waals surface area contributed by atoms with Crippen molar-refractivity contribution in [3.8, 4) is 0 Å². The minimum Gasteiger partial charge on any atom is -0.376 e. The molecule has 0 aromatic heterocycles. The van der Waals surface area contributed by atoms with Crippen molar-refractivity contribution >= 4 is 0 Å². The second-order valence-electron chi connectivity index (χ2n) is 7.58. The highest BCUT2D eigenvalue weighted by atomic mass is 16.5. The van der Waals surface area contributed by atoms with Crippen LogP contribution in [0.3, 0.4) is 0 Å². The van der Waals surface area contributed by atoms with Gasteiger partial charge < -0.3 is 9.47 Å². The zero-order valence-corrected chi connectivity index (χ0v) is 18.4. The van der Waals surface area contributed by atoms with E-state index in [2.05, 4.69) is 37.4 Å². The van der Waals surface area contributed by atoms with Crippen molar-refractivity contribution in [2.45, 2.75) is 83.3 Å². The first-order valence-electron chi connectivity index (χ1n) is 11.5. The first kappa shape index (κ1) is 25.4. The molecule has 0 saturated heterocycles. The summed E-state index contributed by atoms with van der Waals surface area (Å²) in [6.45, 7) is 9.57. The van der Waals surface area contributed by atoms with Gasteiger partial charge in [0.2, 0.25) is 0 Å². The maximum Gasteiger partial charge on any atom is 0.0718 e. The third-order valence-corrected chi connectivity index (χ3v) is 4.98. The van der Waals surface area contributed by atoms with Crippen molar-refractivity contribution in [3.63, 3.8) is 0 Å². The summed E-state index contributed by atoms with van der Waals surface area (Å²) in [6, 6.07) is 10.3. The Kier molecular flexibility index (Phi) is 17.2. The average molecular weight is 399 g/mol. The molecular weight excluding hydrogens is 356 g/mol. The zero-order valence-electron chi connectivity index (χ0n) is 18.4. The summed E-state index contributed by atoms with van der Waals surface area (Å²) in [5.74, 6) is 0. The molecule has 0 heterocycles. The molecule has 0 saturated carbocycles. The molecule has 0 aliphatic rings. The van der Waals surface area contributed by atoms with Crippen LogP contribution in [0.5, 0.6) is 0 Å². The Morgan fingerprint density at radius 3 is 2.14 bits per heavy atom. The van der Waals surface area contributed by atoms with Gasteiger partial charge in [0.05, 0.1) is 25.9 Å². The number of benzene rings is 1. The lowest BCUT2D eigenvalue weighted by Gasteiger charge is -2.17. The Bertz CT molecular complexity index is 521. The molecule has 2 heteroatoms. The van der Waals surface area contributed by atoms with Gasteiger partial charge in [-0.1, -0.05) is 67.5 Å². The summed E-state index contributed by atoms with van der Waals surface area (Å²) in [7, 11) is 0. The second kappa shape index (κ2) is 19.7. The van der Waals surface area contributed by atoms with Crippen molar-refractivity contribution in [2.24, 2.45) is 0 Å². The minimum absolute atomic E-state index is 0.312. The van der Waals surface area contributed by atoms with Crippen LogP contribution in [0.25, 0.3) is 0 Å². The van der Waals surface area contributed by atoms with E-state index in [1.807, 2.05) is 30.4 Å². The lowest BCUT2D eigenvalue weighted by Crippen LogP contribution is -2.16. The fourth-order valence-corrected chi connectivity index (χ4v) is 3.26. The summed E-state index contributed by atoms with van der Waals surface area (Å²) in [4.78, 5) is 0. The summed E-state index contributed by atoms with van der Waals surface area (Å²) in [5, 5.41) is 0. The number of ether oxygens (including phenoxy) is 2. The van der Waals surface area contributed by atoms with Gasteiger partial charge >= 0.3 is 0 Å². The SMILES string of the molecule is C=CCCCCCC/C=C/CCCC(CCC=C)OCCOCc1ccccc1. The Morgan fingerprint density at radius 1 is 0.724 bits per heavy atom. The fraction of sp³-hybridized carbons (Fsp3) is 0.556. The van der Waals surface area contributed by atoms with E-state index in [0.717, 1.165) is 32.1 Å². The lowest BCUT2D eigenvalue weighted by atomic mass is 10.1. The Balaban J connectivity index is 2.05. The topological polar surface area (TPSA) is 18.5 Å². The average Bonchev–Trinajstić information content (AvgIpc) is 2.75. The van der Waals surface area contributed by atoms with Crippen LogP contribution in [0, 0.1) is 0 Å². The van der Waals surface area contributed by atoms with Crippen molar-refractivity contribution in [3.05, 3.63) is 73.4 Å². The standard InChI is InChI=1S/C27H42O2/c1-3-5-7-8-9-10-11-12-13-14-18-22-27(21-6-4-2)29-24-23-28-25-26-19-16-15-17-20-26/h3-4,12-13,15-17,19-20,27H,1-2,5-11,14,18,21-25H2/b13-12+. The minimum atomic E-state index is 0.312. The number of rotatable bonds is 20. The Morgan fingerprint density at radius 2 is 1.41 bits per heavy atom. The van der Waals surface area contributed by atoms with Gasteiger partial charge in [0, 0.05) is 0 Å². The van der Waals surface area contributed by atoms with Gasteiger partial charge in [-0.15, -0.1) is 13.2 Å². The van der Waals surface area contributed by atoms with Crippen LogP contribution in [0.4, 0.5) is 0 Å². The third kappa shape index (κ3) is 15.9. The monoisotopic (exact) mass is 398 g/mol. The van der Waals surface area contributed by atoms with E-state index in [-0.39, 0.29) is 0 Å². The highest BCUT2D eigenvalue weighted by Crippen LogP contribution is 2.13. The smallest absolute Gasteiger partial charge is 0.0718 e. The Hall–Kier alpha value is -1.64. The van der Waals surface area contributed by atoms with E-state index in [1.54, 1.807) is 0 Å². The molecule has 1 atom stereocenters.